The average Bonchev–Trinajstić information content (AvgIpc) is 3.35. The number of amides is 1. The second-order valence-corrected chi connectivity index (χ2v) is 11.1. The van der Waals surface area contributed by atoms with Crippen molar-refractivity contribution < 1.29 is 4.79 Å². The predicted octanol–water partition coefficient (Wildman–Crippen LogP) is 2.86. The van der Waals surface area contributed by atoms with Gasteiger partial charge in [0.15, 0.2) is 0 Å². The maximum absolute atomic E-state index is 13.2. The number of nitrogens with one attached hydrogen (secondary N) is 1. The smallest absolute Gasteiger partial charge is 0.268 e. The molecule has 1 aliphatic heterocycles. The third-order valence-corrected chi connectivity index (χ3v) is 8.56. The van der Waals surface area contributed by atoms with Gasteiger partial charge in [0.25, 0.3) is 5.91 Å². The van der Waals surface area contributed by atoms with Crippen molar-refractivity contribution in [2.75, 3.05) is 26.2 Å². The Morgan fingerprint density at radius 3 is 2.58 bits per heavy atom. The van der Waals surface area contributed by atoms with Gasteiger partial charge in [-0.15, -0.1) is 0 Å². The lowest BCUT2D eigenvalue weighted by Crippen LogP contribution is -2.51. The molecule has 0 unspecified atom stereocenters. The van der Waals surface area contributed by atoms with Gasteiger partial charge in [-0.25, -0.2) is 4.98 Å². The summed E-state index contributed by atoms with van der Waals surface area (Å²) in [7, 11) is 0. The van der Waals surface area contributed by atoms with E-state index >= 15 is 0 Å². The molecule has 2 aromatic heterocycles. The van der Waals surface area contributed by atoms with E-state index in [4.69, 9.17) is 10.7 Å². The van der Waals surface area contributed by atoms with Crippen molar-refractivity contribution in [3.63, 3.8) is 0 Å². The Morgan fingerprint density at radius 1 is 1.16 bits per heavy atom. The van der Waals surface area contributed by atoms with Crippen LogP contribution in [-0.2, 0) is 6.42 Å². The fourth-order valence-corrected chi connectivity index (χ4v) is 7.57. The summed E-state index contributed by atoms with van der Waals surface area (Å²) in [4.78, 5) is 20.4. The molecule has 1 saturated heterocycles. The number of aromatic nitrogens is 2. The molecule has 6 heteroatoms. The Kier molecular flexibility index (Phi) is 4.83. The number of imidazole rings is 1. The van der Waals surface area contributed by atoms with E-state index in [1.54, 1.807) is 0 Å². The van der Waals surface area contributed by atoms with Crippen LogP contribution in [0.1, 0.15) is 61.1 Å². The Balaban J connectivity index is 1.14. The number of hydrogen-bond donors (Lipinski definition) is 2. The van der Waals surface area contributed by atoms with Gasteiger partial charge in [-0.05, 0) is 86.8 Å². The standard InChI is InChI=1S/C25H35N5O/c26-20-4-6-29(14-20)7-5-21-15-30-22(2-1-3-23(30)28-21)24(31)27-16-25-11-17-8-18(12-25)10-19(9-17)13-25/h1-3,15,17-20H,4-14,16,26H2,(H,27,31)/t17?,18?,19?,20-,25?/m1/s1. The summed E-state index contributed by atoms with van der Waals surface area (Å²) in [6, 6.07) is 6.17. The number of rotatable bonds is 6. The van der Waals surface area contributed by atoms with E-state index in [-0.39, 0.29) is 5.91 Å². The fourth-order valence-electron chi connectivity index (χ4n) is 7.57. The van der Waals surface area contributed by atoms with E-state index in [9.17, 15) is 4.79 Å². The zero-order valence-electron chi connectivity index (χ0n) is 18.4. The molecular weight excluding hydrogens is 386 g/mol. The van der Waals surface area contributed by atoms with Gasteiger partial charge in [0.2, 0.25) is 0 Å². The minimum Gasteiger partial charge on any atom is -0.350 e. The Labute approximate surface area is 184 Å². The van der Waals surface area contributed by atoms with Crippen LogP contribution in [0.15, 0.2) is 24.4 Å². The highest BCUT2D eigenvalue weighted by molar-refractivity contribution is 5.93. The maximum atomic E-state index is 13.2. The molecule has 0 spiro atoms. The molecule has 7 rings (SSSR count). The van der Waals surface area contributed by atoms with Crippen molar-refractivity contribution in [2.45, 2.75) is 57.4 Å². The van der Waals surface area contributed by atoms with Gasteiger partial charge in [0.1, 0.15) is 11.3 Å². The highest BCUT2D eigenvalue weighted by atomic mass is 16.1. The van der Waals surface area contributed by atoms with Crippen LogP contribution in [0.3, 0.4) is 0 Å². The molecule has 6 nitrogen and oxygen atoms in total. The molecule has 4 bridgehead atoms. The molecule has 2 aromatic rings. The van der Waals surface area contributed by atoms with Gasteiger partial charge in [-0.1, -0.05) is 6.07 Å². The lowest BCUT2D eigenvalue weighted by molar-refractivity contribution is -0.0503. The fraction of sp³-hybridized carbons (Fsp3) is 0.680. The van der Waals surface area contributed by atoms with Gasteiger partial charge in [0, 0.05) is 38.3 Å². The highest BCUT2D eigenvalue weighted by Gasteiger charge is 2.50. The normalized spacial score (nSPS) is 34.6. The molecule has 0 aromatic carbocycles. The molecule has 3 heterocycles. The van der Waals surface area contributed by atoms with E-state index < -0.39 is 0 Å². The van der Waals surface area contributed by atoms with E-state index in [0.717, 1.165) is 68.1 Å². The van der Waals surface area contributed by atoms with E-state index in [0.29, 0.717) is 17.2 Å². The van der Waals surface area contributed by atoms with Crippen molar-refractivity contribution >= 4 is 11.6 Å². The van der Waals surface area contributed by atoms with Crippen LogP contribution in [0.5, 0.6) is 0 Å². The number of pyridine rings is 1. The number of carbonyl (C=O) groups is 1. The largest absolute Gasteiger partial charge is 0.350 e. The van der Waals surface area contributed by atoms with Crippen LogP contribution in [-0.4, -0.2) is 52.4 Å². The molecule has 1 amide bonds. The van der Waals surface area contributed by atoms with Crippen LogP contribution in [0.25, 0.3) is 5.65 Å². The van der Waals surface area contributed by atoms with Crippen LogP contribution in [0, 0.1) is 23.2 Å². The van der Waals surface area contributed by atoms with Crippen molar-refractivity contribution in [3.05, 3.63) is 35.8 Å². The minimum atomic E-state index is 0.0378. The number of carbonyl (C=O) groups excluding carboxylic acids is 1. The van der Waals surface area contributed by atoms with Gasteiger partial charge in [-0.2, -0.15) is 0 Å². The SMILES string of the molecule is N[C@@H]1CCN(CCc2cn3c(C(=O)NCC45CC6CC(CC(C6)C4)C5)cccc3n2)C1. The molecule has 0 radical (unpaired) electrons. The van der Waals surface area contributed by atoms with Crippen LogP contribution >= 0.6 is 0 Å². The first-order chi connectivity index (χ1) is 15.1. The van der Waals surface area contributed by atoms with E-state index in [2.05, 4.69) is 10.2 Å². The second-order valence-electron chi connectivity index (χ2n) is 11.1. The van der Waals surface area contributed by atoms with Crippen molar-refractivity contribution in [1.29, 1.82) is 0 Å². The quantitative estimate of drug-likeness (QED) is 0.752. The molecule has 1 atom stereocenters. The molecule has 31 heavy (non-hydrogen) atoms. The first-order valence-corrected chi connectivity index (χ1v) is 12.3. The number of nitrogens with zero attached hydrogens (tertiary/aromatic N) is 3. The molecular formula is C25H35N5O. The minimum absolute atomic E-state index is 0.0378. The van der Waals surface area contributed by atoms with Gasteiger partial charge in [-0.3, -0.25) is 9.20 Å². The van der Waals surface area contributed by atoms with E-state index in [1.807, 2.05) is 28.8 Å². The highest BCUT2D eigenvalue weighted by Crippen LogP contribution is 2.59. The number of hydrogen-bond acceptors (Lipinski definition) is 4. The van der Waals surface area contributed by atoms with Crippen molar-refractivity contribution in [3.8, 4) is 0 Å². The van der Waals surface area contributed by atoms with Gasteiger partial charge in [0.05, 0.1) is 5.69 Å². The van der Waals surface area contributed by atoms with Crippen molar-refractivity contribution in [1.82, 2.24) is 19.6 Å². The summed E-state index contributed by atoms with van der Waals surface area (Å²) in [5, 5.41) is 3.33. The third-order valence-electron chi connectivity index (χ3n) is 8.56. The second kappa shape index (κ2) is 7.59. The lowest BCUT2D eigenvalue weighted by atomic mass is 9.49. The molecule has 5 aliphatic rings. The maximum Gasteiger partial charge on any atom is 0.268 e. The molecule has 166 valence electrons. The Hall–Kier alpha value is -1.92. The van der Waals surface area contributed by atoms with Crippen molar-refractivity contribution in [2.24, 2.45) is 28.9 Å². The van der Waals surface area contributed by atoms with Crippen LogP contribution in [0.2, 0.25) is 0 Å². The molecule has 5 fully saturated rings. The van der Waals surface area contributed by atoms with Gasteiger partial charge >= 0.3 is 0 Å². The summed E-state index contributed by atoms with van der Waals surface area (Å²) >= 11 is 0. The van der Waals surface area contributed by atoms with Gasteiger partial charge < -0.3 is 16.0 Å². The summed E-state index contributed by atoms with van der Waals surface area (Å²) in [5.74, 6) is 2.77. The third kappa shape index (κ3) is 3.78. The van der Waals surface area contributed by atoms with Crippen LogP contribution < -0.4 is 11.1 Å². The Morgan fingerprint density at radius 2 is 1.90 bits per heavy atom. The number of fused-ring (bicyclic) bond motifs is 1. The topological polar surface area (TPSA) is 75.7 Å². The molecule has 4 saturated carbocycles. The van der Waals surface area contributed by atoms with Crippen LogP contribution in [0.4, 0.5) is 0 Å². The van der Waals surface area contributed by atoms with E-state index in [1.165, 1.54) is 38.5 Å². The predicted molar refractivity (Wildman–Crippen MR) is 121 cm³/mol. The zero-order valence-corrected chi connectivity index (χ0v) is 18.4. The summed E-state index contributed by atoms with van der Waals surface area (Å²) in [6.07, 6.45) is 12.3. The Bertz CT molecular complexity index is 946. The average molecular weight is 422 g/mol. The summed E-state index contributed by atoms with van der Waals surface area (Å²) in [6.45, 7) is 3.87. The summed E-state index contributed by atoms with van der Waals surface area (Å²) < 4.78 is 1.97. The summed E-state index contributed by atoms with van der Waals surface area (Å²) in [5.41, 5.74) is 8.98. The zero-order chi connectivity index (χ0) is 21.0. The first-order valence-electron chi connectivity index (χ1n) is 12.3. The lowest BCUT2D eigenvalue weighted by Gasteiger charge is -2.56. The number of nitrogens with two attached hydrogens (primary N) is 1. The first kappa shape index (κ1) is 19.7. The number of likely N-dealkylation sites (tertiary alicyclic amines) is 1. The molecule has 3 N–H and O–H groups in total. The monoisotopic (exact) mass is 421 g/mol. The molecule has 4 aliphatic carbocycles.